The summed E-state index contributed by atoms with van der Waals surface area (Å²) in [6.45, 7) is 2.17. The van der Waals surface area contributed by atoms with Gasteiger partial charge < -0.3 is 4.90 Å². The van der Waals surface area contributed by atoms with E-state index in [1.807, 2.05) is 0 Å². The summed E-state index contributed by atoms with van der Waals surface area (Å²) in [5.41, 5.74) is 0.553. The fourth-order valence-electron chi connectivity index (χ4n) is 1.83. The number of nitrogens with one attached hydrogen (secondary N) is 1. The minimum absolute atomic E-state index is 0.0526. The molecule has 0 bridgehead atoms. The Hall–Kier alpha value is -1.16. The minimum Gasteiger partial charge on any atom is -0.332 e. The lowest BCUT2D eigenvalue weighted by Gasteiger charge is -2.36. The van der Waals surface area contributed by atoms with Gasteiger partial charge in [0.1, 0.15) is 5.83 Å². The quantitative estimate of drug-likeness (QED) is 0.621. The zero-order chi connectivity index (χ0) is 10.3. The Kier molecular flexibility index (Phi) is 2.15. The molecule has 1 amide bonds. The molecule has 1 aliphatic carbocycles. The van der Waals surface area contributed by atoms with Crippen molar-refractivity contribution in [2.24, 2.45) is 5.92 Å². The zero-order valence-corrected chi connectivity index (χ0v) is 8.25. The molecule has 2 rings (SSSR count). The summed E-state index contributed by atoms with van der Waals surface area (Å²) in [7, 11) is 1.74. The maximum Gasteiger partial charge on any atom is 0.232 e. The summed E-state index contributed by atoms with van der Waals surface area (Å²) in [4.78, 5) is 13.3. The summed E-state index contributed by atoms with van der Waals surface area (Å²) in [6.07, 6.45) is 3.19. The molecule has 76 valence electrons. The minimum atomic E-state index is -0.242. The van der Waals surface area contributed by atoms with Crippen molar-refractivity contribution in [1.29, 1.82) is 0 Å². The lowest BCUT2D eigenvalue weighted by molar-refractivity contribution is -0.136. The van der Waals surface area contributed by atoms with Crippen LogP contribution in [0.5, 0.6) is 0 Å². The molecule has 4 heteroatoms. The van der Waals surface area contributed by atoms with Crippen LogP contribution >= 0.6 is 0 Å². The van der Waals surface area contributed by atoms with Crippen LogP contribution in [0, 0.1) is 5.92 Å². The van der Waals surface area contributed by atoms with Crippen molar-refractivity contribution < 1.29 is 9.18 Å². The standard InChI is InChI=1S/C10H13FN2O/c1-6-3-7-9(4-8(6)11)12-5-13(2)10(7)14/h3-4,7,9,12H,5H2,1-2H3. The van der Waals surface area contributed by atoms with Crippen molar-refractivity contribution in [3.05, 3.63) is 23.6 Å². The second-order valence-corrected chi connectivity index (χ2v) is 3.81. The normalized spacial score (nSPS) is 32.2. The highest BCUT2D eigenvalue weighted by molar-refractivity contribution is 5.83. The lowest BCUT2D eigenvalue weighted by Crippen LogP contribution is -2.54. The molecule has 14 heavy (non-hydrogen) atoms. The number of rotatable bonds is 0. The van der Waals surface area contributed by atoms with E-state index >= 15 is 0 Å². The Balaban J connectivity index is 2.29. The number of allylic oxidation sites excluding steroid dienone is 2. The van der Waals surface area contributed by atoms with Crippen LogP contribution in [0.15, 0.2) is 23.6 Å². The highest BCUT2D eigenvalue weighted by Crippen LogP contribution is 2.26. The van der Waals surface area contributed by atoms with Gasteiger partial charge in [-0.1, -0.05) is 6.08 Å². The number of carbonyl (C=O) groups is 1. The van der Waals surface area contributed by atoms with E-state index in [9.17, 15) is 9.18 Å². The van der Waals surface area contributed by atoms with Gasteiger partial charge in [0.15, 0.2) is 0 Å². The smallest absolute Gasteiger partial charge is 0.232 e. The van der Waals surface area contributed by atoms with Crippen molar-refractivity contribution in [2.75, 3.05) is 13.7 Å². The first-order chi connectivity index (χ1) is 6.59. The van der Waals surface area contributed by atoms with Crippen molar-refractivity contribution in [2.45, 2.75) is 13.0 Å². The van der Waals surface area contributed by atoms with Crippen LogP contribution in [-0.4, -0.2) is 30.6 Å². The van der Waals surface area contributed by atoms with Crippen LogP contribution in [-0.2, 0) is 4.79 Å². The number of fused-ring (bicyclic) bond motifs is 1. The van der Waals surface area contributed by atoms with Gasteiger partial charge in [-0.3, -0.25) is 10.1 Å². The maximum absolute atomic E-state index is 13.2. The molecule has 1 heterocycles. The van der Waals surface area contributed by atoms with E-state index < -0.39 is 0 Å². The van der Waals surface area contributed by atoms with Gasteiger partial charge in [0.25, 0.3) is 0 Å². The zero-order valence-electron chi connectivity index (χ0n) is 8.25. The monoisotopic (exact) mass is 196 g/mol. The number of hydrogen-bond acceptors (Lipinski definition) is 2. The maximum atomic E-state index is 13.2. The first-order valence-electron chi connectivity index (χ1n) is 4.64. The second kappa shape index (κ2) is 3.20. The van der Waals surface area contributed by atoms with Crippen LogP contribution in [0.1, 0.15) is 6.92 Å². The first-order valence-corrected chi connectivity index (χ1v) is 4.64. The molecule has 0 spiro atoms. The van der Waals surface area contributed by atoms with Crippen molar-refractivity contribution in [1.82, 2.24) is 10.2 Å². The van der Waals surface area contributed by atoms with Crippen LogP contribution < -0.4 is 5.32 Å². The van der Waals surface area contributed by atoms with E-state index in [1.165, 1.54) is 6.08 Å². The molecule has 2 atom stereocenters. The highest BCUT2D eigenvalue weighted by atomic mass is 19.1. The molecule has 3 nitrogen and oxygen atoms in total. The molecule has 1 fully saturated rings. The molecule has 0 aromatic heterocycles. The summed E-state index contributed by atoms with van der Waals surface area (Å²) in [5.74, 6) is -0.416. The SMILES string of the molecule is CC1=CC2C(=O)N(C)CNC2C=C1F. The largest absolute Gasteiger partial charge is 0.332 e. The van der Waals surface area contributed by atoms with Crippen molar-refractivity contribution in [3.8, 4) is 0 Å². The third-order valence-electron chi connectivity index (χ3n) is 2.74. The molecule has 1 N–H and O–H groups in total. The van der Waals surface area contributed by atoms with Gasteiger partial charge in [-0.15, -0.1) is 0 Å². The average molecular weight is 196 g/mol. The molecule has 2 unspecified atom stereocenters. The number of amides is 1. The van der Waals surface area contributed by atoms with Gasteiger partial charge in [0.05, 0.1) is 12.6 Å². The van der Waals surface area contributed by atoms with Gasteiger partial charge in [-0.05, 0) is 18.6 Å². The molecule has 0 radical (unpaired) electrons. The first kappa shape index (κ1) is 9.40. The Morgan fingerprint density at radius 3 is 3.00 bits per heavy atom. The van der Waals surface area contributed by atoms with Crippen molar-refractivity contribution in [3.63, 3.8) is 0 Å². The van der Waals surface area contributed by atoms with Gasteiger partial charge in [-0.25, -0.2) is 4.39 Å². The Morgan fingerprint density at radius 1 is 1.57 bits per heavy atom. The summed E-state index contributed by atoms with van der Waals surface area (Å²) in [6, 6.07) is -0.178. The van der Waals surface area contributed by atoms with Crippen molar-refractivity contribution >= 4 is 5.91 Å². The molecular weight excluding hydrogens is 183 g/mol. The van der Waals surface area contributed by atoms with E-state index in [4.69, 9.17) is 0 Å². The van der Waals surface area contributed by atoms with Crippen LogP contribution in [0.3, 0.4) is 0 Å². The fraction of sp³-hybridized carbons (Fsp3) is 0.500. The Labute approximate surface area is 82.3 Å². The summed E-state index contributed by atoms with van der Waals surface area (Å²) >= 11 is 0. The van der Waals surface area contributed by atoms with E-state index in [1.54, 1.807) is 24.9 Å². The number of halogens is 1. The fourth-order valence-corrected chi connectivity index (χ4v) is 1.83. The molecule has 1 aliphatic heterocycles. The molecular formula is C10H13FN2O. The third-order valence-corrected chi connectivity index (χ3v) is 2.74. The summed E-state index contributed by atoms with van der Waals surface area (Å²) < 4.78 is 13.2. The molecule has 0 aromatic carbocycles. The molecule has 1 saturated heterocycles. The second-order valence-electron chi connectivity index (χ2n) is 3.81. The predicted octanol–water partition coefficient (Wildman–Crippen LogP) is 0.804. The van der Waals surface area contributed by atoms with Crippen LogP contribution in [0.4, 0.5) is 4.39 Å². The average Bonchev–Trinajstić information content (AvgIpc) is 2.15. The number of hydrogen-bond donors (Lipinski definition) is 1. The van der Waals surface area contributed by atoms with Gasteiger partial charge in [0, 0.05) is 13.1 Å². The van der Waals surface area contributed by atoms with Gasteiger partial charge >= 0.3 is 0 Å². The summed E-state index contributed by atoms with van der Waals surface area (Å²) in [5, 5.41) is 3.10. The van der Waals surface area contributed by atoms with Gasteiger partial charge in [0.2, 0.25) is 5.91 Å². The predicted molar refractivity (Wildman–Crippen MR) is 51.0 cm³/mol. The van der Waals surface area contributed by atoms with E-state index in [0.717, 1.165) is 0 Å². The topological polar surface area (TPSA) is 32.3 Å². The lowest BCUT2D eigenvalue weighted by atomic mass is 9.89. The molecule has 0 aromatic rings. The Morgan fingerprint density at radius 2 is 2.29 bits per heavy atom. The molecule has 0 saturated carbocycles. The van der Waals surface area contributed by atoms with Crippen LogP contribution in [0.2, 0.25) is 0 Å². The molecule has 2 aliphatic rings. The number of carbonyl (C=O) groups excluding carboxylic acids is 1. The highest BCUT2D eigenvalue weighted by Gasteiger charge is 2.34. The van der Waals surface area contributed by atoms with Gasteiger partial charge in [-0.2, -0.15) is 0 Å². The van der Waals surface area contributed by atoms with Crippen LogP contribution in [0.25, 0.3) is 0 Å². The van der Waals surface area contributed by atoms with E-state index in [2.05, 4.69) is 5.32 Å². The Bertz CT molecular complexity index is 335. The number of nitrogens with zero attached hydrogens (tertiary/aromatic N) is 1. The third kappa shape index (κ3) is 1.35. The van der Waals surface area contributed by atoms with E-state index in [-0.39, 0.29) is 23.7 Å². The van der Waals surface area contributed by atoms with E-state index in [0.29, 0.717) is 12.2 Å².